The van der Waals surface area contributed by atoms with Gasteiger partial charge in [0.05, 0.1) is 12.5 Å². The van der Waals surface area contributed by atoms with Crippen LogP contribution >= 0.6 is 0 Å². The molecule has 23 heavy (non-hydrogen) atoms. The summed E-state index contributed by atoms with van der Waals surface area (Å²) < 4.78 is 5.48. The topological polar surface area (TPSA) is 62.8 Å². The largest absolute Gasteiger partial charge is 0.496 e. The molecule has 0 aliphatic carbocycles. The number of ether oxygens (including phenoxy) is 1. The van der Waals surface area contributed by atoms with E-state index in [2.05, 4.69) is 40.2 Å². The molecule has 3 rings (SSSR count). The average molecular weight is 310 g/mol. The number of methoxy groups -OCH3 is 1. The fourth-order valence-corrected chi connectivity index (χ4v) is 2.72. The lowest BCUT2D eigenvalue weighted by atomic mass is 9.95. The smallest absolute Gasteiger partial charge is 0.142 e. The van der Waals surface area contributed by atoms with Gasteiger partial charge in [0.2, 0.25) is 0 Å². The number of H-pyrrole nitrogens is 1. The Morgan fingerprint density at radius 2 is 2.00 bits per heavy atom. The molecule has 5 heteroatoms. The van der Waals surface area contributed by atoms with Crippen molar-refractivity contribution in [3.63, 3.8) is 0 Å². The first-order valence-electron chi connectivity index (χ1n) is 7.85. The van der Waals surface area contributed by atoms with Crippen molar-refractivity contribution in [2.24, 2.45) is 5.92 Å². The maximum absolute atomic E-state index is 5.48. The molecule has 0 saturated carbocycles. The lowest BCUT2D eigenvalue weighted by molar-refractivity contribution is 0.405. The Morgan fingerprint density at radius 1 is 1.17 bits per heavy atom. The fourth-order valence-electron chi connectivity index (χ4n) is 2.72. The quantitative estimate of drug-likeness (QED) is 0.729. The third-order valence-electron chi connectivity index (χ3n) is 4.11. The Bertz CT molecular complexity index is 781. The van der Waals surface area contributed by atoms with Crippen molar-refractivity contribution >= 4 is 16.9 Å². The van der Waals surface area contributed by atoms with Crippen molar-refractivity contribution in [3.8, 4) is 5.75 Å². The molecular formula is C18H22N4O. The Hall–Kier alpha value is -2.56. The van der Waals surface area contributed by atoms with Crippen LogP contribution in [0.15, 0.2) is 42.9 Å². The monoisotopic (exact) mass is 310 g/mol. The molecule has 0 aliphatic rings. The number of hydrogen-bond acceptors (Lipinski definition) is 4. The van der Waals surface area contributed by atoms with Gasteiger partial charge in [-0.2, -0.15) is 0 Å². The molecule has 120 valence electrons. The number of hydrogen-bond donors (Lipinski definition) is 2. The highest BCUT2D eigenvalue weighted by atomic mass is 16.5. The summed E-state index contributed by atoms with van der Waals surface area (Å²) in [7, 11) is 1.71. The van der Waals surface area contributed by atoms with Gasteiger partial charge in [0.15, 0.2) is 0 Å². The number of para-hydroxylation sites is 1. The molecule has 0 saturated heterocycles. The summed E-state index contributed by atoms with van der Waals surface area (Å²) in [4.78, 5) is 11.8. The highest BCUT2D eigenvalue weighted by molar-refractivity contribution is 5.86. The first kappa shape index (κ1) is 15.3. The summed E-state index contributed by atoms with van der Waals surface area (Å²) in [6, 6.07) is 10.4. The van der Waals surface area contributed by atoms with Crippen molar-refractivity contribution in [3.05, 3.63) is 48.4 Å². The Labute approximate surface area is 136 Å². The second-order valence-corrected chi connectivity index (χ2v) is 5.97. The van der Waals surface area contributed by atoms with E-state index in [9.17, 15) is 0 Å². The van der Waals surface area contributed by atoms with E-state index in [0.717, 1.165) is 29.0 Å². The van der Waals surface area contributed by atoms with Crippen molar-refractivity contribution in [1.29, 1.82) is 0 Å². The van der Waals surface area contributed by atoms with Gasteiger partial charge < -0.3 is 15.0 Å². The van der Waals surface area contributed by atoms with Crippen LogP contribution in [0.3, 0.4) is 0 Å². The summed E-state index contributed by atoms with van der Waals surface area (Å²) in [5, 5.41) is 4.59. The lowest BCUT2D eigenvalue weighted by Gasteiger charge is -2.24. The minimum absolute atomic E-state index is 0.249. The number of aromatic nitrogens is 3. The molecule has 1 atom stereocenters. The number of nitrogens with zero attached hydrogens (tertiary/aromatic N) is 2. The number of benzene rings is 1. The SMILES string of the molecule is COc1ccccc1C[C@@H](Nc1ncnc2[nH]ccc12)C(C)C. The summed E-state index contributed by atoms with van der Waals surface area (Å²) >= 11 is 0. The van der Waals surface area contributed by atoms with Crippen molar-refractivity contribution in [2.75, 3.05) is 12.4 Å². The van der Waals surface area contributed by atoms with E-state index in [4.69, 9.17) is 4.74 Å². The van der Waals surface area contributed by atoms with Gasteiger partial charge in [0.25, 0.3) is 0 Å². The minimum Gasteiger partial charge on any atom is -0.496 e. The second kappa shape index (κ2) is 6.69. The van der Waals surface area contributed by atoms with E-state index in [1.165, 1.54) is 5.56 Å². The van der Waals surface area contributed by atoms with Crippen LogP contribution in [-0.4, -0.2) is 28.1 Å². The number of aromatic amines is 1. The molecule has 1 aromatic carbocycles. The van der Waals surface area contributed by atoms with Gasteiger partial charge in [0.1, 0.15) is 23.5 Å². The zero-order valence-electron chi connectivity index (χ0n) is 13.7. The lowest BCUT2D eigenvalue weighted by Crippen LogP contribution is -2.29. The van der Waals surface area contributed by atoms with Crippen LogP contribution in [0.4, 0.5) is 5.82 Å². The number of anilines is 1. The Balaban J connectivity index is 1.86. The number of nitrogens with one attached hydrogen (secondary N) is 2. The van der Waals surface area contributed by atoms with Crippen LogP contribution in [0.5, 0.6) is 5.75 Å². The van der Waals surface area contributed by atoms with Crippen molar-refractivity contribution in [2.45, 2.75) is 26.3 Å². The fraction of sp³-hybridized carbons (Fsp3) is 0.333. The maximum atomic E-state index is 5.48. The normalized spacial score (nSPS) is 12.5. The summed E-state index contributed by atoms with van der Waals surface area (Å²) in [5.41, 5.74) is 2.04. The standard InChI is InChI=1S/C18H22N4O/c1-12(2)15(10-13-6-4-5-7-16(13)23-3)22-18-14-8-9-19-17(14)20-11-21-18/h4-9,11-12,15H,10H2,1-3H3,(H2,19,20,21,22)/t15-/m1/s1. The van der Waals surface area contributed by atoms with Crippen LogP contribution in [0, 0.1) is 5.92 Å². The minimum atomic E-state index is 0.249. The molecule has 2 heterocycles. The highest BCUT2D eigenvalue weighted by Crippen LogP contribution is 2.25. The summed E-state index contributed by atoms with van der Waals surface area (Å²) in [5.74, 6) is 2.24. The van der Waals surface area contributed by atoms with E-state index in [0.29, 0.717) is 5.92 Å². The van der Waals surface area contributed by atoms with Crippen molar-refractivity contribution in [1.82, 2.24) is 15.0 Å². The molecule has 0 unspecified atom stereocenters. The van der Waals surface area contributed by atoms with Crippen LogP contribution < -0.4 is 10.1 Å². The molecule has 0 fully saturated rings. The van der Waals surface area contributed by atoms with Gasteiger partial charge >= 0.3 is 0 Å². The molecule has 2 N–H and O–H groups in total. The molecule has 2 aromatic heterocycles. The van der Waals surface area contributed by atoms with Gasteiger partial charge in [-0.05, 0) is 30.0 Å². The van der Waals surface area contributed by atoms with Gasteiger partial charge in [0, 0.05) is 12.2 Å². The van der Waals surface area contributed by atoms with Gasteiger partial charge in [-0.15, -0.1) is 0 Å². The van der Waals surface area contributed by atoms with E-state index in [1.807, 2.05) is 30.5 Å². The number of fused-ring (bicyclic) bond motifs is 1. The van der Waals surface area contributed by atoms with E-state index in [-0.39, 0.29) is 6.04 Å². The third kappa shape index (κ3) is 3.28. The Kier molecular flexibility index (Phi) is 4.46. The van der Waals surface area contributed by atoms with E-state index in [1.54, 1.807) is 13.4 Å². The van der Waals surface area contributed by atoms with Gasteiger partial charge in [-0.3, -0.25) is 0 Å². The second-order valence-electron chi connectivity index (χ2n) is 5.97. The zero-order chi connectivity index (χ0) is 16.2. The molecule has 0 radical (unpaired) electrons. The van der Waals surface area contributed by atoms with Crippen LogP contribution in [-0.2, 0) is 6.42 Å². The molecule has 5 nitrogen and oxygen atoms in total. The molecule has 3 aromatic rings. The van der Waals surface area contributed by atoms with Crippen LogP contribution in [0.25, 0.3) is 11.0 Å². The highest BCUT2D eigenvalue weighted by Gasteiger charge is 2.18. The first-order valence-corrected chi connectivity index (χ1v) is 7.85. The molecule has 0 bridgehead atoms. The zero-order valence-corrected chi connectivity index (χ0v) is 13.7. The predicted octanol–water partition coefficient (Wildman–Crippen LogP) is 3.65. The molecule has 0 amide bonds. The van der Waals surface area contributed by atoms with Crippen molar-refractivity contribution < 1.29 is 4.74 Å². The predicted molar refractivity (Wildman–Crippen MR) is 92.8 cm³/mol. The summed E-state index contributed by atoms with van der Waals surface area (Å²) in [6.07, 6.45) is 4.34. The average Bonchev–Trinajstić information content (AvgIpc) is 3.04. The summed E-state index contributed by atoms with van der Waals surface area (Å²) in [6.45, 7) is 4.42. The molecular weight excluding hydrogens is 288 g/mol. The van der Waals surface area contributed by atoms with Crippen LogP contribution in [0.2, 0.25) is 0 Å². The molecule has 0 aliphatic heterocycles. The van der Waals surface area contributed by atoms with E-state index < -0.39 is 0 Å². The van der Waals surface area contributed by atoms with Crippen LogP contribution in [0.1, 0.15) is 19.4 Å². The Morgan fingerprint density at radius 3 is 2.78 bits per heavy atom. The number of rotatable bonds is 6. The maximum Gasteiger partial charge on any atom is 0.142 e. The molecule has 0 spiro atoms. The first-order chi connectivity index (χ1) is 11.2. The van der Waals surface area contributed by atoms with Gasteiger partial charge in [-0.1, -0.05) is 32.0 Å². The third-order valence-corrected chi connectivity index (χ3v) is 4.11. The van der Waals surface area contributed by atoms with E-state index >= 15 is 0 Å². The van der Waals surface area contributed by atoms with Gasteiger partial charge in [-0.25, -0.2) is 9.97 Å².